The van der Waals surface area contributed by atoms with Crippen LogP contribution in [0.3, 0.4) is 0 Å². The van der Waals surface area contributed by atoms with Crippen molar-refractivity contribution in [3.05, 3.63) is 29.8 Å². The number of benzene rings is 1. The molecular formula is C12H18N2O3S. The first-order chi connectivity index (χ1) is 8.27. The van der Waals surface area contributed by atoms with Crippen molar-refractivity contribution in [1.29, 1.82) is 0 Å². The molecule has 100 valence electrons. The zero-order valence-corrected chi connectivity index (χ0v) is 11.6. The minimum absolute atomic E-state index is 0.0480. The van der Waals surface area contributed by atoms with E-state index in [4.69, 9.17) is 5.14 Å². The Balaban J connectivity index is 3.15. The number of amides is 1. The summed E-state index contributed by atoms with van der Waals surface area (Å²) in [7, 11) is -3.78. The molecule has 0 saturated heterocycles. The molecule has 0 unspecified atom stereocenters. The van der Waals surface area contributed by atoms with Crippen LogP contribution in [-0.4, -0.2) is 31.8 Å². The molecule has 0 atom stereocenters. The third-order valence-electron chi connectivity index (χ3n) is 2.63. The molecule has 1 aromatic rings. The molecule has 0 radical (unpaired) electrons. The highest BCUT2D eigenvalue weighted by Gasteiger charge is 2.18. The number of nitrogens with two attached hydrogens (primary N) is 1. The summed E-state index contributed by atoms with van der Waals surface area (Å²) in [6.07, 6.45) is 0. The van der Waals surface area contributed by atoms with Crippen LogP contribution in [-0.2, 0) is 10.0 Å². The van der Waals surface area contributed by atoms with Crippen LogP contribution in [0.4, 0.5) is 0 Å². The van der Waals surface area contributed by atoms with Gasteiger partial charge in [0.1, 0.15) is 0 Å². The number of carbonyl (C=O) groups is 1. The monoisotopic (exact) mass is 270 g/mol. The molecule has 0 aromatic heterocycles. The summed E-state index contributed by atoms with van der Waals surface area (Å²) < 4.78 is 22.5. The Morgan fingerprint density at radius 1 is 1.39 bits per heavy atom. The maximum atomic E-state index is 12.2. The molecule has 2 N–H and O–H groups in total. The van der Waals surface area contributed by atoms with Gasteiger partial charge < -0.3 is 4.90 Å². The van der Waals surface area contributed by atoms with E-state index in [1.54, 1.807) is 11.0 Å². The molecule has 0 heterocycles. The van der Waals surface area contributed by atoms with Crippen LogP contribution in [0.5, 0.6) is 0 Å². The van der Waals surface area contributed by atoms with Gasteiger partial charge in [-0.05, 0) is 39.0 Å². The van der Waals surface area contributed by atoms with Gasteiger partial charge in [0.05, 0.1) is 4.90 Å². The fourth-order valence-corrected chi connectivity index (χ4v) is 2.27. The SMILES string of the molecule is CCN(C(=O)c1cccc(S(N)(=O)=O)c1)C(C)C. The normalized spacial score (nSPS) is 11.6. The maximum Gasteiger partial charge on any atom is 0.254 e. The van der Waals surface area contributed by atoms with Crippen LogP contribution in [0.25, 0.3) is 0 Å². The van der Waals surface area contributed by atoms with Crippen molar-refractivity contribution in [3.63, 3.8) is 0 Å². The lowest BCUT2D eigenvalue weighted by Gasteiger charge is -2.25. The highest BCUT2D eigenvalue weighted by atomic mass is 32.2. The second-order valence-electron chi connectivity index (χ2n) is 4.26. The van der Waals surface area contributed by atoms with Crippen molar-refractivity contribution in [2.75, 3.05) is 6.54 Å². The van der Waals surface area contributed by atoms with Gasteiger partial charge in [0.15, 0.2) is 0 Å². The van der Waals surface area contributed by atoms with E-state index in [1.165, 1.54) is 18.2 Å². The predicted molar refractivity (Wildman–Crippen MR) is 69.7 cm³/mol. The lowest BCUT2D eigenvalue weighted by molar-refractivity contribution is 0.0716. The van der Waals surface area contributed by atoms with Gasteiger partial charge in [-0.2, -0.15) is 0 Å². The Morgan fingerprint density at radius 2 is 2.00 bits per heavy atom. The maximum absolute atomic E-state index is 12.2. The molecule has 0 aliphatic rings. The smallest absolute Gasteiger partial charge is 0.254 e. The number of hydrogen-bond donors (Lipinski definition) is 1. The molecule has 0 bridgehead atoms. The Labute approximate surface area is 108 Å². The fraction of sp³-hybridized carbons (Fsp3) is 0.417. The summed E-state index contributed by atoms with van der Waals surface area (Å²) in [5.74, 6) is -0.196. The number of hydrogen-bond acceptors (Lipinski definition) is 3. The third-order valence-corrected chi connectivity index (χ3v) is 3.55. The summed E-state index contributed by atoms with van der Waals surface area (Å²) in [5, 5.41) is 5.04. The average Bonchev–Trinajstić information content (AvgIpc) is 2.28. The molecule has 5 nitrogen and oxygen atoms in total. The van der Waals surface area contributed by atoms with Gasteiger partial charge in [-0.3, -0.25) is 4.79 Å². The van der Waals surface area contributed by atoms with E-state index in [0.717, 1.165) is 0 Å². The highest BCUT2D eigenvalue weighted by Crippen LogP contribution is 2.13. The lowest BCUT2D eigenvalue weighted by atomic mass is 10.1. The zero-order chi connectivity index (χ0) is 13.9. The molecule has 1 rings (SSSR count). The van der Waals surface area contributed by atoms with E-state index < -0.39 is 10.0 Å². The van der Waals surface area contributed by atoms with Crippen molar-refractivity contribution >= 4 is 15.9 Å². The molecule has 0 aliphatic carbocycles. The molecule has 6 heteroatoms. The van der Waals surface area contributed by atoms with Crippen molar-refractivity contribution in [2.45, 2.75) is 31.7 Å². The Bertz CT molecular complexity index is 538. The van der Waals surface area contributed by atoms with Crippen LogP contribution < -0.4 is 5.14 Å². The van der Waals surface area contributed by atoms with E-state index in [0.29, 0.717) is 12.1 Å². The van der Waals surface area contributed by atoms with Gasteiger partial charge in [-0.15, -0.1) is 0 Å². The minimum atomic E-state index is -3.78. The predicted octanol–water partition coefficient (Wildman–Crippen LogP) is 1.20. The van der Waals surface area contributed by atoms with Crippen molar-refractivity contribution in [1.82, 2.24) is 4.90 Å². The molecule has 0 saturated carbocycles. The van der Waals surface area contributed by atoms with Crippen molar-refractivity contribution < 1.29 is 13.2 Å². The minimum Gasteiger partial charge on any atom is -0.337 e. The van der Waals surface area contributed by atoms with Crippen molar-refractivity contribution in [2.24, 2.45) is 5.14 Å². The molecule has 0 aliphatic heterocycles. The van der Waals surface area contributed by atoms with Gasteiger partial charge in [0.2, 0.25) is 10.0 Å². The summed E-state index contributed by atoms with van der Waals surface area (Å²) >= 11 is 0. The summed E-state index contributed by atoms with van der Waals surface area (Å²) in [6, 6.07) is 5.84. The third kappa shape index (κ3) is 3.30. The van der Waals surface area contributed by atoms with E-state index in [-0.39, 0.29) is 16.8 Å². The Kier molecular flexibility index (Phi) is 4.48. The second kappa shape index (κ2) is 5.49. The lowest BCUT2D eigenvalue weighted by Crippen LogP contribution is -2.36. The van der Waals surface area contributed by atoms with Crippen LogP contribution >= 0.6 is 0 Å². The van der Waals surface area contributed by atoms with E-state index in [9.17, 15) is 13.2 Å². The number of sulfonamides is 1. The number of nitrogens with zero attached hydrogens (tertiary/aromatic N) is 1. The number of carbonyl (C=O) groups excluding carboxylic acids is 1. The first-order valence-corrected chi connectivity index (χ1v) is 7.25. The Morgan fingerprint density at radius 3 is 2.44 bits per heavy atom. The quantitative estimate of drug-likeness (QED) is 0.892. The van der Waals surface area contributed by atoms with Crippen LogP contribution in [0.1, 0.15) is 31.1 Å². The topological polar surface area (TPSA) is 80.5 Å². The fourth-order valence-electron chi connectivity index (χ4n) is 1.72. The second-order valence-corrected chi connectivity index (χ2v) is 5.82. The van der Waals surface area contributed by atoms with E-state index in [1.807, 2.05) is 20.8 Å². The largest absolute Gasteiger partial charge is 0.337 e. The van der Waals surface area contributed by atoms with Gasteiger partial charge in [-0.1, -0.05) is 6.07 Å². The number of primary sulfonamides is 1. The Hall–Kier alpha value is -1.40. The molecule has 0 spiro atoms. The molecular weight excluding hydrogens is 252 g/mol. The zero-order valence-electron chi connectivity index (χ0n) is 10.8. The first-order valence-electron chi connectivity index (χ1n) is 5.71. The van der Waals surface area contributed by atoms with E-state index >= 15 is 0 Å². The van der Waals surface area contributed by atoms with Crippen LogP contribution in [0.15, 0.2) is 29.2 Å². The van der Waals surface area contributed by atoms with Crippen LogP contribution in [0, 0.1) is 0 Å². The summed E-state index contributed by atoms with van der Waals surface area (Å²) in [4.78, 5) is 13.8. The number of rotatable bonds is 4. The van der Waals surface area contributed by atoms with Crippen LogP contribution in [0.2, 0.25) is 0 Å². The highest BCUT2D eigenvalue weighted by molar-refractivity contribution is 7.89. The van der Waals surface area contributed by atoms with Crippen molar-refractivity contribution in [3.8, 4) is 0 Å². The first kappa shape index (κ1) is 14.7. The summed E-state index contributed by atoms with van der Waals surface area (Å²) in [5.41, 5.74) is 0.331. The van der Waals surface area contributed by atoms with Gasteiger partial charge in [0.25, 0.3) is 5.91 Å². The average molecular weight is 270 g/mol. The van der Waals surface area contributed by atoms with Gasteiger partial charge >= 0.3 is 0 Å². The molecule has 18 heavy (non-hydrogen) atoms. The van der Waals surface area contributed by atoms with Gasteiger partial charge in [-0.25, -0.2) is 13.6 Å². The molecule has 0 fully saturated rings. The summed E-state index contributed by atoms with van der Waals surface area (Å²) in [6.45, 7) is 6.26. The molecule has 1 amide bonds. The van der Waals surface area contributed by atoms with E-state index in [2.05, 4.69) is 0 Å². The standard InChI is InChI=1S/C12H18N2O3S/c1-4-14(9(2)3)12(15)10-6-5-7-11(8-10)18(13,16)17/h5-9H,4H2,1-3H3,(H2,13,16,17). The van der Waals surface area contributed by atoms with Gasteiger partial charge in [0, 0.05) is 18.2 Å². The molecule has 1 aromatic carbocycles.